The van der Waals surface area contributed by atoms with Crippen LogP contribution in [0.25, 0.3) is 0 Å². The van der Waals surface area contributed by atoms with Crippen molar-refractivity contribution in [2.45, 2.75) is 36.8 Å². The molecule has 6 nitrogen and oxygen atoms in total. The predicted octanol–water partition coefficient (Wildman–Crippen LogP) is 0.869. The Labute approximate surface area is 118 Å². The van der Waals surface area contributed by atoms with E-state index in [1.165, 1.54) is 10.9 Å². The van der Waals surface area contributed by atoms with Crippen LogP contribution < -0.4 is 10.5 Å². The highest BCUT2D eigenvalue weighted by Crippen LogP contribution is 2.26. The van der Waals surface area contributed by atoms with Gasteiger partial charge in [0.2, 0.25) is 0 Å². The summed E-state index contributed by atoms with van der Waals surface area (Å²) < 4.78 is 28.7. The molecular weight excluding hydrogens is 288 g/mol. The molecule has 1 heterocycles. The molecule has 0 amide bonds. The minimum absolute atomic E-state index is 0.00973. The smallest absolute Gasteiger partial charge is 0.259 e. The van der Waals surface area contributed by atoms with Crippen LogP contribution in [-0.2, 0) is 17.1 Å². The van der Waals surface area contributed by atoms with E-state index in [-0.39, 0.29) is 22.0 Å². The van der Waals surface area contributed by atoms with Crippen LogP contribution in [0.15, 0.2) is 11.2 Å². The van der Waals surface area contributed by atoms with Gasteiger partial charge in [-0.3, -0.25) is 4.68 Å². The molecule has 0 radical (unpaired) electrons. The Morgan fingerprint density at radius 2 is 2.21 bits per heavy atom. The summed E-state index contributed by atoms with van der Waals surface area (Å²) in [5.74, 6) is 0.190. The fraction of sp³-hybridized carbons (Fsp3) is 0.727. The molecule has 0 aromatic carbocycles. The summed E-state index contributed by atoms with van der Waals surface area (Å²) in [5, 5.41) is 4.00. The fourth-order valence-corrected chi connectivity index (χ4v) is 4.60. The highest BCUT2D eigenvalue weighted by Gasteiger charge is 2.31. The molecule has 2 rings (SSSR count). The summed E-state index contributed by atoms with van der Waals surface area (Å²) in [4.78, 5) is 0. The first-order chi connectivity index (χ1) is 8.95. The molecule has 19 heavy (non-hydrogen) atoms. The van der Waals surface area contributed by atoms with Crippen molar-refractivity contribution in [2.24, 2.45) is 18.7 Å². The largest absolute Gasteiger partial charge is 0.330 e. The van der Waals surface area contributed by atoms with Crippen molar-refractivity contribution < 1.29 is 8.42 Å². The molecular formula is C11H19ClN4O2S. The Kier molecular flexibility index (Phi) is 4.50. The number of aromatic nitrogens is 2. The summed E-state index contributed by atoms with van der Waals surface area (Å²) >= 11 is 5.89. The summed E-state index contributed by atoms with van der Waals surface area (Å²) in [7, 11) is -2.10. The number of nitrogens with one attached hydrogen (secondary N) is 1. The Bertz CT molecular complexity index is 523. The number of rotatable bonds is 4. The third-order valence-corrected chi connectivity index (χ3v) is 5.61. The van der Waals surface area contributed by atoms with Gasteiger partial charge >= 0.3 is 0 Å². The number of nitrogens with two attached hydrogens (primary N) is 1. The Morgan fingerprint density at radius 1 is 1.53 bits per heavy atom. The normalized spacial score (nSPS) is 24.6. The molecule has 3 N–H and O–H groups in total. The standard InChI is InChI=1S/C11H19ClN4O2S/c1-16-11(9(12)7-14-16)19(17,18)15-10-5-3-2-4-8(10)6-13/h7-8,10,15H,2-6,13H2,1H3. The molecule has 0 bridgehead atoms. The molecule has 1 saturated carbocycles. The van der Waals surface area contributed by atoms with Crippen molar-refractivity contribution in [3.63, 3.8) is 0 Å². The van der Waals surface area contributed by atoms with E-state index >= 15 is 0 Å². The van der Waals surface area contributed by atoms with Gasteiger partial charge in [-0.1, -0.05) is 24.4 Å². The van der Waals surface area contributed by atoms with Crippen LogP contribution in [0.4, 0.5) is 0 Å². The van der Waals surface area contributed by atoms with Crippen LogP contribution in [0.5, 0.6) is 0 Å². The monoisotopic (exact) mass is 306 g/mol. The molecule has 0 aliphatic heterocycles. The Balaban J connectivity index is 2.21. The van der Waals surface area contributed by atoms with E-state index in [1.807, 2.05) is 0 Å². The summed E-state index contributed by atoms with van der Waals surface area (Å²) in [6.07, 6.45) is 5.23. The maximum atomic E-state index is 12.4. The van der Waals surface area contributed by atoms with Gasteiger partial charge in [0.25, 0.3) is 10.0 Å². The van der Waals surface area contributed by atoms with Crippen LogP contribution in [0.3, 0.4) is 0 Å². The zero-order valence-corrected chi connectivity index (χ0v) is 12.4. The SMILES string of the molecule is Cn1ncc(Cl)c1S(=O)(=O)NC1CCCCC1CN. The minimum Gasteiger partial charge on any atom is -0.330 e. The quantitative estimate of drug-likeness (QED) is 0.863. The molecule has 1 aromatic rings. The lowest BCUT2D eigenvalue weighted by atomic mass is 9.85. The molecule has 0 saturated heterocycles. The molecule has 0 spiro atoms. The zero-order valence-electron chi connectivity index (χ0n) is 10.8. The van der Waals surface area contributed by atoms with E-state index < -0.39 is 10.0 Å². The van der Waals surface area contributed by atoms with Gasteiger partial charge < -0.3 is 5.73 Å². The topological polar surface area (TPSA) is 90.0 Å². The van der Waals surface area contributed by atoms with E-state index in [1.54, 1.807) is 7.05 Å². The predicted molar refractivity (Wildman–Crippen MR) is 73.3 cm³/mol. The molecule has 8 heteroatoms. The highest BCUT2D eigenvalue weighted by molar-refractivity contribution is 7.89. The van der Waals surface area contributed by atoms with Gasteiger partial charge in [0.15, 0.2) is 5.03 Å². The first kappa shape index (κ1) is 14.8. The van der Waals surface area contributed by atoms with Crippen LogP contribution in [0, 0.1) is 5.92 Å². The van der Waals surface area contributed by atoms with Crippen molar-refractivity contribution in [2.75, 3.05) is 6.54 Å². The first-order valence-corrected chi connectivity index (χ1v) is 8.21. The maximum absolute atomic E-state index is 12.4. The molecule has 1 aromatic heterocycles. The lowest BCUT2D eigenvalue weighted by Crippen LogP contribution is -2.45. The average molecular weight is 307 g/mol. The lowest BCUT2D eigenvalue weighted by Gasteiger charge is -2.30. The van der Waals surface area contributed by atoms with Crippen molar-refractivity contribution >= 4 is 21.6 Å². The number of nitrogens with zero attached hydrogens (tertiary/aromatic N) is 2. The minimum atomic E-state index is -3.66. The van der Waals surface area contributed by atoms with E-state index in [9.17, 15) is 8.42 Å². The fourth-order valence-electron chi connectivity index (χ4n) is 2.60. The van der Waals surface area contributed by atoms with Crippen molar-refractivity contribution in [3.8, 4) is 0 Å². The van der Waals surface area contributed by atoms with Gasteiger partial charge in [-0.2, -0.15) is 5.10 Å². The van der Waals surface area contributed by atoms with E-state index in [0.717, 1.165) is 25.7 Å². The van der Waals surface area contributed by atoms with Crippen LogP contribution in [0.2, 0.25) is 5.02 Å². The second kappa shape index (κ2) is 5.78. The van der Waals surface area contributed by atoms with Crippen LogP contribution in [0.1, 0.15) is 25.7 Å². The summed E-state index contributed by atoms with van der Waals surface area (Å²) in [6, 6.07) is -0.116. The van der Waals surface area contributed by atoms with Gasteiger partial charge in [-0.15, -0.1) is 0 Å². The van der Waals surface area contributed by atoms with Crippen molar-refractivity contribution in [3.05, 3.63) is 11.2 Å². The third-order valence-electron chi connectivity index (χ3n) is 3.62. The average Bonchev–Trinajstić information content (AvgIpc) is 2.70. The summed E-state index contributed by atoms with van der Waals surface area (Å²) in [5.41, 5.74) is 5.71. The molecule has 1 aliphatic carbocycles. The van der Waals surface area contributed by atoms with Crippen LogP contribution >= 0.6 is 11.6 Å². The van der Waals surface area contributed by atoms with Crippen LogP contribution in [-0.4, -0.2) is 30.8 Å². The van der Waals surface area contributed by atoms with Gasteiger partial charge in [0.05, 0.1) is 11.2 Å². The molecule has 2 atom stereocenters. The van der Waals surface area contributed by atoms with Gasteiger partial charge in [-0.25, -0.2) is 13.1 Å². The Morgan fingerprint density at radius 3 is 2.79 bits per heavy atom. The molecule has 108 valence electrons. The lowest BCUT2D eigenvalue weighted by molar-refractivity contribution is 0.295. The number of hydrogen-bond donors (Lipinski definition) is 2. The molecule has 1 fully saturated rings. The number of sulfonamides is 1. The number of halogens is 1. The number of hydrogen-bond acceptors (Lipinski definition) is 4. The third kappa shape index (κ3) is 3.10. The molecule has 1 aliphatic rings. The van der Waals surface area contributed by atoms with Crippen molar-refractivity contribution in [1.82, 2.24) is 14.5 Å². The summed E-state index contributed by atoms with van der Waals surface area (Å²) in [6.45, 7) is 0.492. The van der Waals surface area contributed by atoms with E-state index in [0.29, 0.717) is 6.54 Å². The Hall–Kier alpha value is -0.630. The second-order valence-corrected chi connectivity index (χ2v) is 6.97. The zero-order chi connectivity index (χ0) is 14.0. The number of aryl methyl sites for hydroxylation is 1. The van der Waals surface area contributed by atoms with Gasteiger partial charge in [0.1, 0.15) is 0 Å². The van der Waals surface area contributed by atoms with Crippen molar-refractivity contribution in [1.29, 1.82) is 0 Å². The van der Waals surface area contributed by atoms with E-state index in [2.05, 4.69) is 9.82 Å². The van der Waals surface area contributed by atoms with Gasteiger partial charge in [-0.05, 0) is 25.3 Å². The van der Waals surface area contributed by atoms with E-state index in [4.69, 9.17) is 17.3 Å². The van der Waals surface area contributed by atoms with Gasteiger partial charge in [0, 0.05) is 13.1 Å². The second-order valence-electron chi connectivity index (χ2n) is 4.93. The first-order valence-electron chi connectivity index (χ1n) is 6.35. The molecule has 2 unspecified atom stereocenters. The maximum Gasteiger partial charge on any atom is 0.259 e. The highest BCUT2D eigenvalue weighted by atomic mass is 35.5.